The van der Waals surface area contributed by atoms with Crippen molar-refractivity contribution in [2.75, 3.05) is 5.32 Å². The lowest BCUT2D eigenvalue weighted by atomic mass is 10.1. The summed E-state index contributed by atoms with van der Waals surface area (Å²) < 4.78 is 1.59. The first kappa shape index (κ1) is 14.3. The van der Waals surface area contributed by atoms with Crippen molar-refractivity contribution in [2.45, 2.75) is 0 Å². The van der Waals surface area contributed by atoms with E-state index in [1.54, 1.807) is 30.1 Å². The summed E-state index contributed by atoms with van der Waals surface area (Å²) in [5.41, 5.74) is 0.492. The van der Waals surface area contributed by atoms with Crippen molar-refractivity contribution in [3.63, 3.8) is 0 Å². The van der Waals surface area contributed by atoms with Crippen LogP contribution in [0.15, 0.2) is 36.5 Å². The summed E-state index contributed by atoms with van der Waals surface area (Å²) in [6.45, 7) is 0. The van der Waals surface area contributed by atoms with Crippen LogP contribution >= 0.6 is 0 Å². The number of carboxylic acid groups (broad SMARTS) is 1. The van der Waals surface area contributed by atoms with Gasteiger partial charge in [0, 0.05) is 19.3 Å². The molecular weight excluding hydrogens is 274 g/mol. The van der Waals surface area contributed by atoms with Crippen LogP contribution in [0.5, 0.6) is 5.75 Å². The number of anilines is 1. The van der Waals surface area contributed by atoms with Crippen LogP contribution in [0.1, 0.15) is 16.1 Å². The number of rotatable bonds is 4. The highest BCUT2D eigenvalue weighted by Gasteiger charge is 2.13. The van der Waals surface area contributed by atoms with Crippen molar-refractivity contribution >= 4 is 23.6 Å². The normalized spacial score (nSPS) is 10.7. The quantitative estimate of drug-likeness (QED) is 0.583. The molecule has 0 aliphatic heterocycles. The van der Waals surface area contributed by atoms with Gasteiger partial charge in [-0.3, -0.25) is 9.48 Å². The van der Waals surface area contributed by atoms with E-state index in [1.807, 2.05) is 0 Å². The van der Waals surface area contributed by atoms with E-state index in [0.29, 0.717) is 0 Å². The number of aromatic nitrogens is 2. The second-order valence-corrected chi connectivity index (χ2v) is 4.21. The lowest BCUT2D eigenvalue weighted by molar-refractivity contribution is -0.111. The highest BCUT2D eigenvalue weighted by Crippen LogP contribution is 2.27. The molecule has 1 aromatic carbocycles. The van der Waals surface area contributed by atoms with E-state index in [9.17, 15) is 14.7 Å². The highest BCUT2D eigenvalue weighted by molar-refractivity contribution is 6.04. The van der Waals surface area contributed by atoms with Crippen molar-refractivity contribution in [1.82, 2.24) is 9.78 Å². The Morgan fingerprint density at radius 2 is 2.10 bits per heavy atom. The molecule has 0 bridgehead atoms. The zero-order chi connectivity index (χ0) is 15.4. The molecule has 2 rings (SSSR count). The Balaban J connectivity index is 2.13. The first-order chi connectivity index (χ1) is 9.99. The second kappa shape index (κ2) is 5.91. The smallest absolute Gasteiger partial charge is 0.339 e. The van der Waals surface area contributed by atoms with Gasteiger partial charge in [0.2, 0.25) is 5.91 Å². The van der Waals surface area contributed by atoms with Crippen LogP contribution in [0.25, 0.3) is 6.08 Å². The zero-order valence-electron chi connectivity index (χ0n) is 11.1. The molecule has 21 heavy (non-hydrogen) atoms. The van der Waals surface area contributed by atoms with E-state index in [4.69, 9.17) is 5.11 Å². The van der Waals surface area contributed by atoms with Gasteiger partial charge in [0.15, 0.2) is 5.75 Å². The summed E-state index contributed by atoms with van der Waals surface area (Å²) in [5, 5.41) is 25.0. The van der Waals surface area contributed by atoms with Gasteiger partial charge in [-0.05, 0) is 24.3 Å². The molecule has 0 fully saturated rings. The number of hydrogen-bond acceptors (Lipinski definition) is 4. The fourth-order valence-electron chi connectivity index (χ4n) is 1.70. The Morgan fingerprint density at radius 1 is 1.33 bits per heavy atom. The molecule has 108 valence electrons. The minimum Gasteiger partial charge on any atom is -0.505 e. The average molecular weight is 287 g/mol. The van der Waals surface area contributed by atoms with Gasteiger partial charge in [0.1, 0.15) is 5.56 Å². The lowest BCUT2D eigenvalue weighted by Gasteiger charge is -2.07. The molecule has 0 aliphatic rings. The number of nitrogens with zero attached hydrogens (tertiary/aromatic N) is 2. The summed E-state index contributed by atoms with van der Waals surface area (Å²) in [5.74, 6) is -2.24. The Labute approximate surface area is 120 Å². The molecule has 2 aromatic rings. The van der Waals surface area contributed by atoms with E-state index in [-0.39, 0.29) is 11.3 Å². The van der Waals surface area contributed by atoms with Crippen molar-refractivity contribution in [3.8, 4) is 5.75 Å². The van der Waals surface area contributed by atoms with Gasteiger partial charge in [-0.2, -0.15) is 5.10 Å². The number of aromatic hydroxyl groups is 1. The molecule has 7 nitrogen and oxygen atoms in total. The van der Waals surface area contributed by atoms with Crippen molar-refractivity contribution < 1.29 is 19.8 Å². The lowest BCUT2D eigenvalue weighted by Crippen LogP contribution is -2.09. The van der Waals surface area contributed by atoms with E-state index in [0.717, 1.165) is 5.69 Å². The molecule has 0 saturated heterocycles. The fraction of sp³-hybridized carbons (Fsp3) is 0.0714. The molecule has 1 aromatic heterocycles. The number of carbonyl (C=O) groups excluding carboxylic acids is 1. The van der Waals surface area contributed by atoms with E-state index in [1.165, 1.54) is 24.3 Å². The van der Waals surface area contributed by atoms with Crippen LogP contribution in [0, 0.1) is 0 Å². The predicted molar refractivity (Wildman–Crippen MR) is 75.9 cm³/mol. The summed E-state index contributed by atoms with van der Waals surface area (Å²) in [6, 6.07) is 5.83. The first-order valence-electron chi connectivity index (χ1n) is 6.01. The maximum atomic E-state index is 11.8. The molecule has 0 aliphatic carbocycles. The Bertz CT molecular complexity index is 719. The maximum Gasteiger partial charge on any atom is 0.339 e. The Morgan fingerprint density at radius 3 is 2.71 bits per heavy atom. The van der Waals surface area contributed by atoms with E-state index >= 15 is 0 Å². The number of amides is 1. The fourth-order valence-corrected chi connectivity index (χ4v) is 1.70. The largest absolute Gasteiger partial charge is 0.505 e. The first-order valence-corrected chi connectivity index (χ1v) is 6.01. The van der Waals surface area contributed by atoms with Crippen LogP contribution in [-0.2, 0) is 11.8 Å². The van der Waals surface area contributed by atoms with Gasteiger partial charge in [0.25, 0.3) is 0 Å². The van der Waals surface area contributed by atoms with E-state index in [2.05, 4.69) is 10.4 Å². The number of aromatic carboxylic acids is 1. The third-order valence-corrected chi connectivity index (χ3v) is 2.79. The summed E-state index contributed by atoms with van der Waals surface area (Å²) in [6.07, 6.45) is 4.42. The summed E-state index contributed by atoms with van der Waals surface area (Å²) >= 11 is 0. The number of benzene rings is 1. The monoisotopic (exact) mass is 287 g/mol. The molecule has 0 spiro atoms. The third-order valence-electron chi connectivity index (χ3n) is 2.79. The molecular formula is C14H13N3O4. The van der Waals surface area contributed by atoms with Crippen LogP contribution in [0.2, 0.25) is 0 Å². The third kappa shape index (κ3) is 3.27. The number of carbonyl (C=O) groups is 2. The Kier molecular flexibility index (Phi) is 4.03. The number of para-hydroxylation sites is 1. The SMILES string of the molecule is Cn1nccc1/C=C/C(=O)Nc1cccc(C(=O)O)c1O. The molecule has 1 amide bonds. The molecule has 3 N–H and O–H groups in total. The number of hydrogen-bond donors (Lipinski definition) is 3. The highest BCUT2D eigenvalue weighted by atomic mass is 16.4. The van der Waals surface area contributed by atoms with Gasteiger partial charge in [-0.25, -0.2) is 4.79 Å². The topological polar surface area (TPSA) is 104 Å². The summed E-state index contributed by atoms with van der Waals surface area (Å²) in [7, 11) is 1.74. The van der Waals surface area contributed by atoms with Crippen LogP contribution in [0.3, 0.4) is 0 Å². The minimum absolute atomic E-state index is 0.0366. The molecule has 0 saturated carbocycles. The van der Waals surface area contributed by atoms with Crippen molar-refractivity contribution in [3.05, 3.63) is 47.8 Å². The van der Waals surface area contributed by atoms with Gasteiger partial charge >= 0.3 is 5.97 Å². The average Bonchev–Trinajstić information content (AvgIpc) is 2.84. The molecule has 0 unspecified atom stereocenters. The molecule has 0 atom stereocenters. The van der Waals surface area contributed by atoms with Gasteiger partial charge in [0.05, 0.1) is 11.4 Å². The molecule has 1 heterocycles. The van der Waals surface area contributed by atoms with Crippen molar-refractivity contribution in [2.24, 2.45) is 7.05 Å². The second-order valence-electron chi connectivity index (χ2n) is 4.21. The molecule has 7 heteroatoms. The Hall–Kier alpha value is -3.09. The van der Waals surface area contributed by atoms with Crippen LogP contribution in [-0.4, -0.2) is 31.9 Å². The number of aryl methyl sites for hydroxylation is 1. The number of phenols is 1. The van der Waals surface area contributed by atoms with Crippen LogP contribution < -0.4 is 5.32 Å². The number of carboxylic acids is 1. The van der Waals surface area contributed by atoms with E-state index < -0.39 is 17.6 Å². The standard InChI is InChI=1S/C14H13N3O4/c1-17-9(7-8-15-17)5-6-12(18)16-11-4-2-3-10(13(11)19)14(20)21/h2-8,19H,1H3,(H,16,18)(H,20,21)/b6-5+. The summed E-state index contributed by atoms with van der Waals surface area (Å²) in [4.78, 5) is 22.6. The minimum atomic E-state index is -1.27. The van der Waals surface area contributed by atoms with Crippen LogP contribution in [0.4, 0.5) is 5.69 Å². The molecule has 0 radical (unpaired) electrons. The van der Waals surface area contributed by atoms with Gasteiger partial charge in [-0.15, -0.1) is 0 Å². The predicted octanol–water partition coefficient (Wildman–Crippen LogP) is 1.48. The van der Waals surface area contributed by atoms with Gasteiger partial charge < -0.3 is 15.5 Å². The zero-order valence-corrected chi connectivity index (χ0v) is 11.1. The number of nitrogens with one attached hydrogen (secondary N) is 1. The van der Waals surface area contributed by atoms with Gasteiger partial charge in [-0.1, -0.05) is 6.07 Å². The maximum absolute atomic E-state index is 11.8. The van der Waals surface area contributed by atoms with Crippen molar-refractivity contribution in [1.29, 1.82) is 0 Å².